The number of nitrogens with zero attached hydrogens (tertiary/aromatic N) is 2. The molecule has 0 aliphatic carbocycles. The fourth-order valence-corrected chi connectivity index (χ4v) is 1.48. The molecule has 1 aromatic heterocycles. The van der Waals surface area contributed by atoms with E-state index in [0.29, 0.717) is 5.69 Å². The highest BCUT2D eigenvalue weighted by Gasteiger charge is 2.16. The van der Waals surface area contributed by atoms with E-state index in [2.05, 4.69) is 4.98 Å². The summed E-state index contributed by atoms with van der Waals surface area (Å²) in [6.07, 6.45) is 1.52. The first-order chi connectivity index (χ1) is 9.11. The molecule has 0 aliphatic rings. The van der Waals surface area contributed by atoms with E-state index in [1.807, 2.05) is 0 Å². The van der Waals surface area contributed by atoms with Gasteiger partial charge in [-0.15, -0.1) is 0 Å². The molecule has 0 fully saturated rings. The van der Waals surface area contributed by atoms with Gasteiger partial charge in [0.1, 0.15) is 5.75 Å². The van der Waals surface area contributed by atoms with Gasteiger partial charge in [0.2, 0.25) is 5.88 Å². The van der Waals surface area contributed by atoms with Gasteiger partial charge in [-0.2, -0.15) is 0 Å². The van der Waals surface area contributed by atoms with Crippen molar-refractivity contribution in [1.29, 1.82) is 0 Å². The van der Waals surface area contributed by atoms with Gasteiger partial charge in [0.15, 0.2) is 5.75 Å². The summed E-state index contributed by atoms with van der Waals surface area (Å²) in [4.78, 5) is 14.3. The molecule has 0 spiro atoms. The van der Waals surface area contributed by atoms with Gasteiger partial charge in [-0.3, -0.25) is 10.1 Å². The van der Waals surface area contributed by atoms with E-state index in [0.717, 1.165) is 0 Å². The number of hydrogen-bond acceptors (Lipinski definition) is 6. The number of benzene rings is 1. The fourth-order valence-electron chi connectivity index (χ4n) is 1.48. The van der Waals surface area contributed by atoms with Crippen LogP contribution in [0, 0.1) is 10.1 Å². The highest BCUT2D eigenvalue weighted by atomic mass is 16.6. The smallest absolute Gasteiger partial charge is 0.314 e. The summed E-state index contributed by atoms with van der Waals surface area (Å²) in [6.45, 7) is 0. The summed E-state index contributed by atoms with van der Waals surface area (Å²) >= 11 is 0. The van der Waals surface area contributed by atoms with E-state index in [-0.39, 0.29) is 23.1 Å². The van der Waals surface area contributed by atoms with Gasteiger partial charge >= 0.3 is 5.69 Å². The zero-order chi connectivity index (χ0) is 13.8. The lowest BCUT2D eigenvalue weighted by Crippen LogP contribution is -1.97. The third-order valence-electron chi connectivity index (χ3n) is 2.36. The van der Waals surface area contributed by atoms with Gasteiger partial charge < -0.3 is 15.2 Å². The number of pyridine rings is 1. The average molecular weight is 261 g/mol. The maximum atomic E-state index is 10.9. The summed E-state index contributed by atoms with van der Waals surface area (Å²) < 4.78 is 10.3. The van der Waals surface area contributed by atoms with E-state index < -0.39 is 4.92 Å². The van der Waals surface area contributed by atoms with Crippen LogP contribution in [0.5, 0.6) is 17.4 Å². The standard InChI is InChI=1S/C12H11N3O4/c1-18-11-5-4-8(7-10(11)15(16)17)19-12-9(13)3-2-6-14-12/h2-7H,13H2,1H3. The number of nitrogen functional groups attached to an aromatic ring is 1. The number of aromatic nitrogens is 1. The number of nitro groups is 1. The van der Waals surface area contributed by atoms with Crippen LogP contribution in [0.3, 0.4) is 0 Å². The summed E-state index contributed by atoms with van der Waals surface area (Å²) in [5.74, 6) is 0.617. The first-order valence-corrected chi connectivity index (χ1v) is 5.32. The second-order valence-corrected chi connectivity index (χ2v) is 3.59. The van der Waals surface area contributed by atoms with Crippen LogP contribution in [-0.4, -0.2) is 17.0 Å². The maximum Gasteiger partial charge on any atom is 0.314 e. The van der Waals surface area contributed by atoms with Crippen LogP contribution in [0.1, 0.15) is 0 Å². The topological polar surface area (TPSA) is 101 Å². The number of nitrogens with two attached hydrogens (primary N) is 1. The van der Waals surface area contributed by atoms with E-state index in [4.69, 9.17) is 15.2 Å². The molecule has 7 heteroatoms. The first kappa shape index (κ1) is 12.6. The van der Waals surface area contributed by atoms with Crippen molar-refractivity contribution in [3.8, 4) is 17.4 Å². The van der Waals surface area contributed by atoms with E-state index in [1.165, 1.54) is 25.4 Å². The predicted molar refractivity (Wildman–Crippen MR) is 68.4 cm³/mol. The van der Waals surface area contributed by atoms with Gasteiger partial charge in [0.25, 0.3) is 0 Å². The molecule has 19 heavy (non-hydrogen) atoms. The number of rotatable bonds is 4. The third kappa shape index (κ3) is 2.71. The number of methoxy groups -OCH3 is 1. The van der Waals surface area contributed by atoms with Crippen molar-refractivity contribution in [2.45, 2.75) is 0 Å². The Morgan fingerprint density at radius 1 is 1.37 bits per heavy atom. The number of anilines is 1. The average Bonchev–Trinajstić information content (AvgIpc) is 2.41. The van der Waals surface area contributed by atoms with Gasteiger partial charge in [-0.1, -0.05) is 0 Å². The molecule has 1 heterocycles. The Labute approximate surface area is 108 Å². The zero-order valence-electron chi connectivity index (χ0n) is 10.1. The minimum absolute atomic E-state index is 0.159. The molecule has 0 radical (unpaired) electrons. The Morgan fingerprint density at radius 2 is 2.16 bits per heavy atom. The van der Waals surface area contributed by atoms with Gasteiger partial charge in [-0.05, 0) is 24.3 Å². The Morgan fingerprint density at radius 3 is 2.79 bits per heavy atom. The Hall–Kier alpha value is -2.83. The van der Waals surface area contributed by atoms with Gasteiger partial charge in [0, 0.05) is 6.20 Å². The third-order valence-corrected chi connectivity index (χ3v) is 2.36. The lowest BCUT2D eigenvalue weighted by atomic mass is 10.3. The van der Waals surface area contributed by atoms with Crippen molar-refractivity contribution in [1.82, 2.24) is 4.98 Å². The summed E-state index contributed by atoms with van der Waals surface area (Å²) in [5.41, 5.74) is 5.84. The number of nitro benzene ring substituents is 1. The summed E-state index contributed by atoms with van der Waals surface area (Å²) in [5, 5.41) is 10.9. The monoisotopic (exact) mass is 261 g/mol. The SMILES string of the molecule is COc1ccc(Oc2ncccc2N)cc1[N+](=O)[O-]. The van der Waals surface area contributed by atoms with Gasteiger partial charge in [0.05, 0.1) is 23.8 Å². The van der Waals surface area contributed by atoms with Crippen LogP contribution in [0.2, 0.25) is 0 Å². The molecule has 0 amide bonds. The predicted octanol–water partition coefficient (Wildman–Crippen LogP) is 2.37. The first-order valence-electron chi connectivity index (χ1n) is 5.32. The fraction of sp³-hybridized carbons (Fsp3) is 0.0833. The van der Waals surface area contributed by atoms with Crippen molar-refractivity contribution < 1.29 is 14.4 Å². The quantitative estimate of drug-likeness (QED) is 0.669. The molecule has 0 unspecified atom stereocenters. The molecule has 0 saturated heterocycles. The van der Waals surface area contributed by atoms with Crippen molar-refractivity contribution in [3.05, 3.63) is 46.6 Å². The minimum Gasteiger partial charge on any atom is -0.490 e. The molecular weight excluding hydrogens is 250 g/mol. The molecule has 2 rings (SSSR count). The number of ether oxygens (including phenoxy) is 2. The molecule has 2 N–H and O–H groups in total. The second kappa shape index (κ2) is 5.21. The molecular formula is C12H11N3O4. The highest BCUT2D eigenvalue weighted by Crippen LogP contribution is 2.33. The van der Waals surface area contributed by atoms with E-state index in [1.54, 1.807) is 18.2 Å². The van der Waals surface area contributed by atoms with Crippen LogP contribution in [0.25, 0.3) is 0 Å². The van der Waals surface area contributed by atoms with Crippen molar-refractivity contribution >= 4 is 11.4 Å². The van der Waals surface area contributed by atoms with Gasteiger partial charge in [-0.25, -0.2) is 4.98 Å². The lowest BCUT2D eigenvalue weighted by Gasteiger charge is -2.08. The Balaban J connectivity index is 2.34. The molecule has 7 nitrogen and oxygen atoms in total. The molecule has 2 aromatic rings. The molecule has 98 valence electrons. The second-order valence-electron chi connectivity index (χ2n) is 3.59. The molecule has 0 bridgehead atoms. The van der Waals surface area contributed by atoms with Crippen molar-refractivity contribution in [2.24, 2.45) is 0 Å². The largest absolute Gasteiger partial charge is 0.490 e. The van der Waals surface area contributed by atoms with Crippen LogP contribution >= 0.6 is 0 Å². The summed E-state index contributed by atoms with van der Waals surface area (Å²) in [6, 6.07) is 7.54. The lowest BCUT2D eigenvalue weighted by molar-refractivity contribution is -0.385. The van der Waals surface area contributed by atoms with E-state index >= 15 is 0 Å². The van der Waals surface area contributed by atoms with Crippen molar-refractivity contribution in [3.63, 3.8) is 0 Å². The van der Waals surface area contributed by atoms with Crippen molar-refractivity contribution in [2.75, 3.05) is 12.8 Å². The van der Waals surface area contributed by atoms with E-state index in [9.17, 15) is 10.1 Å². The van der Waals surface area contributed by atoms with Crippen LogP contribution in [-0.2, 0) is 0 Å². The highest BCUT2D eigenvalue weighted by molar-refractivity contribution is 5.53. The van der Waals surface area contributed by atoms with Crippen LogP contribution in [0.4, 0.5) is 11.4 Å². The summed E-state index contributed by atoms with van der Waals surface area (Å²) in [7, 11) is 1.36. The minimum atomic E-state index is -0.548. The normalized spacial score (nSPS) is 9.95. The molecule has 0 atom stereocenters. The Bertz CT molecular complexity index is 616. The van der Waals surface area contributed by atoms with Crippen LogP contribution in [0.15, 0.2) is 36.5 Å². The molecule has 1 aromatic carbocycles. The number of hydrogen-bond donors (Lipinski definition) is 1. The maximum absolute atomic E-state index is 10.9. The molecule has 0 saturated carbocycles. The Kier molecular flexibility index (Phi) is 3.46. The van der Waals surface area contributed by atoms with Crippen LogP contribution < -0.4 is 15.2 Å². The zero-order valence-corrected chi connectivity index (χ0v) is 10.1. The molecule has 0 aliphatic heterocycles.